The number of hydrogen-bond acceptors (Lipinski definition) is 2. The van der Waals surface area contributed by atoms with Gasteiger partial charge in [0.05, 0.1) is 12.0 Å². The maximum absolute atomic E-state index is 7.00. The minimum Gasteiger partial charge on any atom is -0.400 e. The van der Waals surface area contributed by atoms with E-state index in [0.717, 1.165) is 19.3 Å². The number of nitrogens with zero attached hydrogens (tertiary/aromatic N) is 2. The SMILES string of the molecule is CO.Cc1ncn(Cc2ccccc2)c1C. The molecule has 2 aromatic rings. The van der Waals surface area contributed by atoms with Crippen LogP contribution >= 0.6 is 0 Å². The number of aryl methyl sites for hydroxylation is 1. The third-order valence-corrected chi connectivity index (χ3v) is 2.54. The Hall–Kier alpha value is -1.61. The first-order valence-corrected chi connectivity index (χ1v) is 5.24. The number of aromatic nitrogens is 2. The predicted octanol–water partition coefficient (Wildman–Crippen LogP) is 2.16. The second-order valence-electron chi connectivity index (χ2n) is 3.53. The molecule has 1 aromatic carbocycles. The summed E-state index contributed by atoms with van der Waals surface area (Å²) < 4.78 is 2.17. The summed E-state index contributed by atoms with van der Waals surface area (Å²) in [6.07, 6.45) is 1.90. The summed E-state index contributed by atoms with van der Waals surface area (Å²) >= 11 is 0. The van der Waals surface area contributed by atoms with E-state index in [1.54, 1.807) is 0 Å². The number of imidazole rings is 1. The zero-order chi connectivity index (χ0) is 12.0. The Labute approximate surface area is 96.4 Å². The van der Waals surface area contributed by atoms with Gasteiger partial charge in [-0.15, -0.1) is 0 Å². The standard InChI is InChI=1S/C12H14N2.CH4O/c1-10-11(2)14(9-13-10)8-12-6-4-3-5-7-12;1-2/h3-7,9H,8H2,1-2H3;2H,1H3. The van der Waals surface area contributed by atoms with E-state index in [1.807, 2.05) is 19.3 Å². The molecule has 0 amide bonds. The fourth-order valence-electron chi connectivity index (χ4n) is 1.48. The van der Waals surface area contributed by atoms with Crippen LogP contribution in [0, 0.1) is 13.8 Å². The summed E-state index contributed by atoms with van der Waals surface area (Å²) in [5.74, 6) is 0. The third-order valence-electron chi connectivity index (χ3n) is 2.54. The fraction of sp³-hybridized carbons (Fsp3) is 0.308. The number of aliphatic hydroxyl groups excluding tert-OH is 1. The van der Waals surface area contributed by atoms with Gasteiger partial charge in [0.25, 0.3) is 0 Å². The molecule has 0 fully saturated rings. The van der Waals surface area contributed by atoms with Crippen LogP contribution in [0.4, 0.5) is 0 Å². The molecular weight excluding hydrogens is 200 g/mol. The van der Waals surface area contributed by atoms with Crippen molar-refractivity contribution in [3.8, 4) is 0 Å². The van der Waals surface area contributed by atoms with E-state index in [-0.39, 0.29) is 0 Å². The Balaban J connectivity index is 0.000000606. The van der Waals surface area contributed by atoms with Gasteiger partial charge >= 0.3 is 0 Å². The minimum absolute atomic E-state index is 0.910. The molecule has 86 valence electrons. The van der Waals surface area contributed by atoms with Gasteiger partial charge in [-0.1, -0.05) is 30.3 Å². The lowest BCUT2D eigenvalue weighted by Gasteiger charge is -2.04. The molecule has 0 saturated carbocycles. The van der Waals surface area contributed by atoms with Gasteiger partial charge < -0.3 is 9.67 Å². The number of aliphatic hydroxyl groups is 1. The molecule has 0 radical (unpaired) electrons. The maximum atomic E-state index is 7.00. The largest absolute Gasteiger partial charge is 0.400 e. The van der Waals surface area contributed by atoms with Crippen molar-refractivity contribution < 1.29 is 5.11 Å². The van der Waals surface area contributed by atoms with Gasteiger partial charge in [-0.05, 0) is 19.4 Å². The van der Waals surface area contributed by atoms with Crippen molar-refractivity contribution in [1.82, 2.24) is 9.55 Å². The maximum Gasteiger partial charge on any atom is 0.0954 e. The Morgan fingerprint density at radius 1 is 1.12 bits per heavy atom. The molecule has 0 aliphatic carbocycles. The normalized spacial score (nSPS) is 9.50. The second kappa shape index (κ2) is 6.08. The lowest BCUT2D eigenvalue weighted by Crippen LogP contribution is -2.00. The van der Waals surface area contributed by atoms with E-state index < -0.39 is 0 Å². The van der Waals surface area contributed by atoms with Gasteiger partial charge in [0.1, 0.15) is 0 Å². The second-order valence-corrected chi connectivity index (χ2v) is 3.53. The Bertz CT molecular complexity index is 421. The molecule has 1 heterocycles. The van der Waals surface area contributed by atoms with Crippen molar-refractivity contribution in [2.75, 3.05) is 7.11 Å². The van der Waals surface area contributed by atoms with Gasteiger partial charge in [0, 0.05) is 19.3 Å². The van der Waals surface area contributed by atoms with Crippen LogP contribution in [0.15, 0.2) is 36.7 Å². The summed E-state index contributed by atoms with van der Waals surface area (Å²) in [7, 11) is 1.00. The van der Waals surface area contributed by atoms with E-state index in [9.17, 15) is 0 Å². The molecule has 0 unspecified atom stereocenters. The van der Waals surface area contributed by atoms with Crippen molar-refractivity contribution in [1.29, 1.82) is 0 Å². The minimum atomic E-state index is 0.910. The zero-order valence-electron chi connectivity index (χ0n) is 10.0. The smallest absolute Gasteiger partial charge is 0.0954 e. The van der Waals surface area contributed by atoms with Crippen LogP contribution in [0.25, 0.3) is 0 Å². The van der Waals surface area contributed by atoms with E-state index in [0.29, 0.717) is 0 Å². The molecule has 0 saturated heterocycles. The summed E-state index contributed by atoms with van der Waals surface area (Å²) in [6, 6.07) is 10.4. The van der Waals surface area contributed by atoms with Crippen LogP contribution in [-0.2, 0) is 6.54 Å². The van der Waals surface area contributed by atoms with Crippen LogP contribution in [0.5, 0.6) is 0 Å². The predicted molar refractivity (Wildman–Crippen MR) is 65.4 cm³/mol. The van der Waals surface area contributed by atoms with Crippen molar-refractivity contribution >= 4 is 0 Å². The number of rotatable bonds is 2. The molecule has 0 aliphatic rings. The molecular formula is C13H18N2O. The summed E-state index contributed by atoms with van der Waals surface area (Å²) in [5.41, 5.74) is 3.67. The van der Waals surface area contributed by atoms with E-state index in [4.69, 9.17) is 5.11 Å². The lowest BCUT2D eigenvalue weighted by atomic mass is 10.2. The first-order chi connectivity index (χ1) is 7.77. The monoisotopic (exact) mass is 218 g/mol. The highest BCUT2D eigenvalue weighted by Crippen LogP contribution is 2.08. The summed E-state index contributed by atoms with van der Waals surface area (Å²) in [6.45, 7) is 5.05. The van der Waals surface area contributed by atoms with Crippen molar-refractivity contribution in [2.45, 2.75) is 20.4 Å². The van der Waals surface area contributed by atoms with Gasteiger partial charge in [-0.25, -0.2) is 4.98 Å². The molecule has 1 N–H and O–H groups in total. The highest BCUT2D eigenvalue weighted by atomic mass is 16.2. The van der Waals surface area contributed by atoms with E-state index >= 15 is 0 Å². The number of benzene rings is 1. The molecule has 1 aromatic heterocycles. The average molecular weight is 218 g/mol. The van der Waals surface area contributed by atoms with Gasteiger partial charge in [0.15, 0.2) is 0 Å². The van der Waals surface area contributed by atoms with Gasteiger partial charge in [-0.3, -0.25) is 0 Å². The summed E-state index contributed by atoms with van der Waals surface area (Å²) in [5, 5.41) is 7.00. The van der Waals surface area contributed by atoms with Crippen LogP contribution in [0.2, 0.25) is 0 Å². The third kappa shape index (κ3) is 2.94. The Kier molecular flexibility index (Phi) is 4.73. The van der Waals surface area contributed by atoms with Gasteiger partial charge in [0.2, 0.25) is 0 Å². The first kappa shape index (κ1) is 12.5. The van der Waals surface area contributed by atoms with E-state index in [2.05, 4.69) is 40.7 Å². The highest BCUT2D eigenvalue weighted by molar-refractivity contribution is 5.17. The first-order valence-electron chi connectivity index (χ1n) is 5.24. The molecule has 3 heteroatoms. The van der Waals surface area contributed by atoms with Crippen molar-refractivity contribution in [3.05, 3.63) is 53.6 Å². The van der Waals surface area contributed by atoms with Crippen LogP contribution in [0.1, 0.15) is 17.0 Å². The molecule has 16 heavy (non-hydrogen) atoms. The molecule has 0 atom stereocenters. The highest BCUT2D eigenvalue weighted by Gasteiger charge is 2.01. The van der Waals surface area contributed by atoms with Crippen molar-refractivity contribution in [3.63, 3.8) is 0 Å². The average Bonchev–Trinajstić information content (AvgIpc) is 2.65. The van der Waals surface area contributed by atoms with Crippen LogP contribution in [-0.4, -0.2) is 21.8 Å². The Morgan fingerprint density at radius 2 is 1.75 bits per heavy atom. The fourth-order valence-corrected chi connectivity index (χ4v) is 1.48. The van der Waals surface area contributed by atoms with Crippen LogP contribution in [0.3, 0.4) is 0 Å². The lowest BCUT2D eigenvalue weighted by molar-refractivity contribution is 0.399. The van der Waals surface area contributed by atoms with E-state index in [1.165, 1.54) is 11.3 Å². The molecule has 3 nitrogen and oxygen atoms in total. The number of hydrogen-bond donors (Lipinski definition) is 1. The van der Waals surface area contributed by atoms with Gasteiger partial charge in [-0.2, -0.15) is 0 Å². The topological polar surface area (TPSA) is 38.1 Å². The zero-order valence-corrected chi connectivity index (χ0v) is 10.0. The molecule has 0 spiro atoms. The molecule has 2 rings (SSSR count). The summed E-state index contributed by atoms with van der Waals surface area (Å²) in [4.78, 5) is 4.28. The quantitative estimate of drug-likeness (QED) is 0.838. The van der Waals surface area contributed by atoms with Crippen molar-refractivity contribution in [2.24, 2.45) is 0 Å². The molecule has 0 aliphatic heterocycles. The Morgan fingerprint density at radius 3 is 2.25 bits per heavy atom. The van der Waals surface area contributed by atoms with Crippen LogP contribution < -0.4 is 0 Å². The molecule has 0 bridgehead atoms.